The molecule has 0 atom stereocenters. The van der Waals surface area contributed by atoms with Gasteiger partial charge < -0.3 is 15.0 Å². The van der Waals surface area contributed by atoms with Gasteiger partial charge in [0.2, 0.25) is 0 Å². The first-order valence-corrected chi connectivity index (χ1v) is 7.64. The molecule has 0 saturated carbocycles. The third kappa shape index (κ3) is 3.55. The van der Waals surface area contributed by atoms with Crippen LogP contribution in [0, 0.1) is 5.82 Å². The fourth-order valence-electron chi connectivity index (χ4n) is 2.33. The zero-order chi connectivity index (χ0) is 17.4. The number of carbonyl (C=O) groups excluding carboxylic acids is 1. The summed E-state index contributed by atoms with van der Waals surface area (Å²) in [7, 11) is -0.559. The van der Waals surface area contributed by atoms with Gasteiger partial charge in [-0.2, -0.15) is 0 Å². The van der Waals surface area contributed by atoms with E-state index in [4.69, 9.17) is 15.0 Å². The van der Waals surface area contributed by atoms with Crippen molar-refractivity contribution in [1.29, 1.82) is 0 Å². The highest BCUT2D eigenvalue weighted by Gasteiger charge is 2.52. The Bertz CT molecular complexity index is 639. The van der Waals surface area contributed by atoms with Gasteiger partial charge in [-0.3, -0.25) is 4.79 Å². The molecule has 1 saturated heterocycles. The van der Waals surface area contributed by atoms with Gasteiger partial charge in [-0.05, 0) is 57.8 Å². The SMILES string of the molecule is CC(=O)c1cc(C=C(CN)B2OC(C)(C)C(C)(C)O2)ccc1F. The molecule has 2 N–H and O–H groups in total. The Morgan fingerprint density at radius 1 is 1.26 bits per heavy atom. The van der Waals surface area contributed by atoms with Crippen LogP contribution in [0.4, 0.5) is 4.39 Å². The fourth-order valence-corrected chi connectivity index (χ4v) is 2.33. The molecule has 1 aromatic rings. The van der Waals surface area contributed by atoms with Crippen molar-refractivity contribution in [2.45, 2.75) is 45.8 Å². The summed E-state index contributed by atoms with van der Waals surface area (Å²) in [6, 6.07) is 4.39. The Morgan fingerprint density at radius 3 is 2.30 bits per heavy atom. The second-order valence-corrected chi connectivity index (χ2v) is 6.81. The van der Waals surface area contributed by atoms with Crippen LogP contribution in [-0.2, 0) is 9.31 Å². The highest BCUT2D eigenvalue weighted by atomic mass is 19.1. The van der Waals surface area contributed by atoms with Crippen molar-refractivity contribution in [1.82, 2.24) is 0 Å². The van der Waals surface area contributed by atoms with Gasteiger partial charge in [0.25, 0.3) is 0 Å². The van der Waals surface area contributed by atoms with Gasteiger partial charge >= 0.3 is 7.12 Å². The smallest absolute Gasteiger partial charge is 0.400 e. The molecule has 0 aromatic heterocycles. The molecule has 0 amide bonds. The van der Waals surface area contributed by atoms with E-state index in [9.17, 15) is 9.18 Å². The molecule has 2 rings (SSSR count). The highest BCUT2D eigenvalue weighted by Crippen LogP contribution is 2.38. The number of hydrogen-bond donors (Lipinski definition) is 1. The number of rotatable bonds is 4. The Labute approximate surface area is 137 Å². The topological polar surface area (TPSA) is 61.6 Å². The molecule has 0 bridgehead atoms. The van der Waals surface area contributed by atoms with Gasteiger partial charge in [0.1, 0.15) is 5.82 Å². The van der Waals surface area contributed by atoms with E-state index in [0.717, 1.165) is 5.47 Å². The first kappa shape index (κ1) is 17.9. The lowest BCUT2D eigenvalue weighted by atomic mass is 9.77. The molecule has 0 aliphatic carbocycles. The summed E-state index contributed by atoms with van der Waals surface area (Å²) in [4.78, 5) is 11.5. The number of Topliss-reactive ketones (excluding diaryl/α,β-unsaturated/α-hetero) is 1. The maximum absolute atomic E-state index is 13.6. The molecule has 1 aromatic carbocycles. The number of nitrogens with two attached hydrogens (primary N) is 1. The lowest BCUT2D eigenvalue weighted by Gasteiger charge is -2.32. The zero-order valence-corrected chi connectivity index (χ0v) is 14.3. The van der Waals surface area contributed by atoms with Crippen LogP contribution < -0.4 is 5.73 Å². The average Bonchev–Trinajstić information content (AvgIpc) is 2.66. The summed E-state index contributed by atoms with van der Waals surface area (Å²) >= 11 is 0. The lowest BCUT2D eigenvalue weighted by molar-refractivity contribution is 0.00578. The van der Waals surface area contributed by atoms with Crippen LogP contribution in [0.5, 0.6) is 0 Å². The molecule has 6 heteroatoms. The summed E-state index contributed by atoms with van der Waals surface area (Å²) in [5, 5.41) is 0. The molecule has 1 aliphatic heterocycles. The van der Waals surface area contributed by atoms with Gasteiger partial charge in [0, 0.05) is 6.54 Å². The summed E-state index contributed by atoms with van der Waals surface area (Å²) < 4.78 is 25.6. The molecule has 23 heavy (non-hydrogen) atoms. The van der Waals surface area contributed by atoms with Gasteiger partial charge in [0.05, 0.1) is 16.8 Å². The first-order valence-electron chi connectivity index (χ1n) is 7.64. The van der Waals surface area contributed by atoms with Gasteiger partial charge in [-0.1, -0.05) is 12.1 Å². The van der Waals surface area contributed by atoms with Crippen LogP contribution in [0.3, 0.4) is 0 Å². The standard InChI is InChI=1S/C17H23BFNO3/c1-11(21)14-9-12(6-7-15(14)19)8-13(10-20)18-22-16(2,3)17(4,5)23-18/h6-9H,10,20H2,1-5H3. The van der Waals surface area contributed by atoms with E-state index in [1.807, 2.05) is 27.7 Å². The normalized spacial score (nSPS) is 20.0. The summed E-state index contributed by atoms with van der Waals surface area (Å²) in [6.07, 6.45) is 1.79. The van der Waals surface area contributed by atoms with Crippen molar-refractivity contribution in [3.8, 4) is 0 Å². The second-order valence-electron chi connectivity index (χ2n) is 6.81. The van der Waals surface area contributed by atoms with Crippen LogP contribution in [0.25, 0.3) is 6.08 Å². The van der Waals surface area contributed by atoms with E-state index in [1.54, 1.807) is 12.1 Å². The number of ketones is 1. The predicted octanol–water partition coefficient (Wildman–Crippen LogP) is 3.00. The highest BCUT2D eigenvalue weighted by molar-refractivity contribution is 6.55. The van der Waals surface area contributed by atoms with Gasteiger partial charge in [0.15, 0.2) is 5.78 Å². The molecule has 0 radical (unpaired) electrons. The molecule has 124 valence electrons. The fraction of sp³-hybridized carbons (Fsp3) is 0.471. The Hall–Kier alpha value is -1.50. The monoisotopic (exact) mass is 319 g/mol. The van der Waals surface area contributed by atoms with Crippen molar-refractivity contribution in [2.24, 2.45) is 5.73 Å². The molecule has 4 nitrogen and oxygen atoms in total. The predicted molar refractivity (Wildman–Crippen MR) is 89.5 cm³/mol. The van der Waals surface area contributed by atoms with Gasteiger partial charge in [-0.15, -0.1) is 0 Å². The van der Waals surface area contributed by atoms with Crippen LogP contribution in [-0.4, -0.2) is 30.6 Å². The number of halogens is 1. The quantitative estimate of drug-likeness (QED) is 0.684. The molecular formula is C17H23BFNO3. The van der Waals surface area contributed by atoms with Crippen LogP contribution in [0.15, 0.2) is 23.7 Å². The maximum atomic E-state index is 13.6. The minimum atomic E-state index is -0.559. The molecule has 1 fully saturated rings. The van der Waals surface area contributed by atoms with E-state index in [-0.39, 0.29) is 17.9 Å². The Morgan fingerprint density at radius 2 is 1.83 bits per heavy atom. The lowest BCUT2D eigenvalue weighted by Crippen LogP contribution is -2.41. The molecular weight excluding hydrogens is 296 g/mol. The molecule has 1 heterocycles. The number of carbonyl (C=O) groups is 1. The average molecular weight is 319 g/mol. The second kappa shape index (κ2) is 6.19. The number of hydrogen-bond acceptors (Lipinski definition) is 4. The third-order valence-corrected chi connectivity index (χ3v) is 4.51. The van der Waals surface area contributed by atoms with Crippen LogP contribution in [0.1, 0.15) is 50.5 Å². The molecule has 0 spiro atoms. The van der Waals surface area contributed by atoms with E-state index in [1.165, 1.54) is 19.1 Å². The van der Waals surface area contributed by atoms with E-state index < -0.39 is 24.1 Å². The van der Waals surface area contributed by atoms with Crippen molar-refractivity contribution in [2.75, 3.05) is 6.54 Å². The maximum Gasteiger partial charge on any atom is 0.491 e. The molecule has 1 aliphatic rings. The van der Waals surface area contributed by atoms with Crippen molar-refractivity contribution < 1.29 is 18.5 Å². The first-order chi connectivity index (χ1) is 10.6. The third-order valence-electron chi connectivity index (χ3n) is 4.51. The minimum absolute atomic E-state index is 0.0593. The van der Waals surface area contributed by atoms with Crippen LogP contribution >= 0.6 is 0 Å². The Kier molecular flexibility index (Phi) is 4.80. The van der Waals surface area contributed by atoms with Crippen molar-refractivity contribution >= 4 is 19.0 Å². The van der Waals surface area contributed by atoms with Crippen molar-refractivity contribution in [3.05, 3.63) is 40.6 Å². The summed E-state index contributed by atoms with van der Waals surface area (Å²) in [5.41, 5.74) is 6.40. The van der Waals surface area contributed by atoms with E-state index in [0.29, 0.717) is 5.56 Å². The largest absolute Gasteiger partial charge is 0.491 e. The number of benzene rings is 1. The summed E-state index contributed by atoms with van der Waals surface area (Å²) in [5.74, 6) is -0.845. The minimum Gasteiger partial charge on any atom is -0.400 e. The van der Waals surface area contributed by atoms with E-state index >= 15 is 0 Å². The zero-order valence-electron chi connectivity index (χ0n) is 14.3. The Balaban J connectivity index is 2.34. The van der Waals surface area contributed by atoms with Crippen molar-refractivity contribution in [3.63, 3.8) is 0 Å². The van der Waals surface area contributed by atoms with Gasteiger partial charge in [-0.25, -0.2) is 4.39 Å². The van der Waals surface area contributed by atoms with E-state index in [2.05, 4.69) is 0 Å². The summed E-state index contributed by atoms with van der Waals surface area (Å²) in [6.45, 7) is 9.44. The van der Waals surface area contributed by atoms with Crippen LogP contribution in [0.2, 0.25) is 0 Å². The molecule has 0 unspecified atom stereocenters.